The highest BCUT2D eigenvalue weighted by Gasteiger charge is 2.29. The lowest BCUT2D eigenvalue weighted by atomic mass is 10.1. The van der Waals surface area contributed by atoms with E-state index in [-0.39, 0.29) is 17.1 Å². The highest BCUT2D eigenvalue weighted by molar-refractivity contribution is 7.93. The predicted octanol–water partition coefficient (Wildman–Crippen LogP) is 3.74. The van der Waals surface area contributed by atoms with Crippen molar-refractivity contribution in [2.75, 3.05) is 26.5 Å². The van der Waals surface area contributed by atoms with Crippen LogP contribution in [0.25, 0.3) is 0 Å². The number of rotatable bonds is 6. The Balaban J connectivity index is 1.52. The van der Waals surface area contributed by atoms with Gasteiger partial charge in [0, 0.05) is 36.6 Å². The second-order valence-corrected chi connectivity index (χ2v) is 10.9. The Morgan fingerprint density at radius 3 is 2.40 bits per heavy atom. The molecule has 7 heteroatoms. The van der Waals surface area contributed by atoms with E-state index in [1.54, 1.807) is 13.4 Å². The molecule has 1 aliphatic heterocycles. The number of ether oxygens (including phenoxy) is 1. The fourth-order valence-electron chi connectivity index (χ4n) is 4.22. The maximum atomic E-state index is 13.1. The molecule has 1 unspecified atom stereocenters. The van der Waals surface area contributed by atoms with Crippen molar-refractivity contribution in [2.24, 2.45) is 4.36 Å². The third kappa shape index (κ3) is 5.50. The first-order valence-corrected chi connectivity index (χ1v) is 12.6. The molecular formula is C23H32N2O4S. The Bertz CT molecular complexity index is 934. The molecule has 6 nitrogen and oxygen atoms in total. The number of carbonyl (C=O) groups excluding carboxylic acids is 2. The van der Waals surface area contributed by atoms with E-state index in [0.29, 0.717) is 38.8 Å². The number of methoxy groups -OCH3 is 1. The van der Waals surface area contributed by atoms with E-state index in [2.05, 4.69) is 4.36 Å². The Labute approximate surface area is 179 Å². The summed E-state index contributed by atoms with van der Waals surface area (Å²) in [6.07, 6.45) is 6.63. The first-order valence-electron chi connectivity index (χ1n) is 10.6. The number of carbonyl (C=O) groups is 2. The molecule has 3 rings (SSSR count). The third-order valence-corrected chi connectivity index (χ3v) is 8.45. The number of nitrogens with zero attached hydrogens (tertiary/aromatic N) is 2. The normalized spacial score (nSPS) is 19.5. The third-order valence-electron chi connectivity index (χ3n) is 6.22. The molecule has 0 radical (unpaired) electrons. The number of allylic oxidation sites excluding steroid dienone is 1. The van der Waals surface area contributed by atoms with Crippen molar-refractivity contribution >= 4 is 21.5 Å². The second kappa shape index (κ2) is 9.77. The van der Waals surface area contributed by atoms with Gasteiger partial charge in [-0.05, 0) is 63.1 Å². The van der Waals surface area contributed by atoms with E-state index in [0.717, 1.165) is 41.7 Å². The number of aryl methyl sites for hydroxylation is 1. The molecule has 1 heterocycles. The van der Waals surface area contributed by atoms with Gasteiger partial charge < -0.3 is 9.64 Å². The summed E-state index contributed by atoms with van der Waals surface area (Å²) in [4.78, 5) is 26.9. The number of likely N-dealkylation sites (tertiary alicyclic amines) is 1. The number of benzene rings is 1. The Morgan fingerprint density at radius 1 is 1.17 bits per heavy atom. The van der Waals surface area contributed by atoms with Gasteiger partial charge >= 0.3 is 0 Å². The Kier molecular flexibility index (Phi) is 7.34. The molecular weight excluding hydrogens is 400 g/mol. The van der Waals surface area contributed by atoms with Crippen LogP contribution < -0.4 is 4.74 Å². The van der Waals surface area contributed by atoms with Crippen molar-refractivity contribution in [1.29, 1.82) is 0 Å². The predicted molar refractivity (Wildman–Crippen MR) is 119 cm³/mol. The number of hydrogen-bond donors (Lipinski definition) is 0. The summed E-state index contributed by atoms with van der Waals surface area (Å²) < 4.78 is 22.4. The minimum Gasteiger partial charge on any atom is -0.497 e. The molecule has 1 aromatic rings. The van der Waals surface area contributed by atoms with Gasteiger partial charge in [-0.25, -0.2) is 4.21 Å². The van der Waals surface area contributed by atoms with Crippen LogP contribution in [0.1, 0.15) is 51.0 Å². The fraction of sp³-hybridized carbons (Fsp3) is 0.565. The molecule has 0 spiro atoms. The molecule has 0 N–H and O–H groups in total. The van der Waals surface area contributed by atoms with E-state index in [4.69, 9.17) is 4.74 Å². The zero-order chi connectivity index (χ0) is 21.7. The largest absolute Gasteiger partial charge is 0.497 e. The van der Waals surface area contributed by atoms with Crippen LogP contribution in [0, 0.1) is 0 Å². The van der Waals surface area contributed by atoms with Gasteiger partial charge in [-0.2, -0.15) is 4.36 Å². The van der Waals surface area contributed by atoms with Crippen molar-refractivity contribution < 1.29 is 18.5 Å². The van der Waals surface area contributed by atoms with Crippen molar-refractivity contribution in [3.63, 3.8) is 0 Å². The van der Waals surface area contributed by atoms with Crippen molar-refractivity contribution in [3.8, 4) is 5.75 Å². The van der Waals surface area contributed by atoms with E-state index in [1.165, 1.54) is 0 Å². The molecule has 2 aliphatic rings. The van der Waals surface area contributed by atoms with Crippen LogP contribution in [-0.4, -0.2) is 52.6 Å². The number of amides is 2. The molecule has 1 aliphatic carbocycles. The summed E-state index contributed by atoms with van der Waals surface area (Å²) in [5, 5.41) is -0.144. The summed E-state index contributed by atoms with van der Waals surface area (Å²) in [6, 6.07) is 7.75. The number of hydrogen-bond acceptors (Lipinski definition) is 4. The first kappa shape index (κ1) is 22.5. The number of piperidine rings is 1. The zero-order valence-corrected chi connectivity index (χ0v) is 19.0. The Morgan fingerprint density at radius 2 is 1.83 bits per heavy atom. The zero-order valence-electron chi connectivity index (χ0n) is 18.2. The molecule has 0 bridgehead atoms. The molecule has 30 heavy (non-hydrogen) atoms. The standard InChI is InChI=1S/C23H32N2O4S/c1-17-5-4-6-21(17)23(27)24-30(3,28)20-13-15-25(16-14-20)22(26)12-9-18-7-10-19(29-2)11-8-18/h7-8,10-11,20H,4-6,9,12-16H2,1-3H3. The fourth-order valence-corrected chi connectivity index (χ4v) is 5.90. The molecule has 0 saturated carbocycles. The molecule has 1 saturated heterocycles. The summed E-state index contributed by atoms with van der Waals surface area (Å²) in [5.74, 6) is 0.626. The SMILES string of the molecule is COc1ccc(CCC(=O)N2CCC(S(C)(=O)=NC(=O)C3=C(C)CCC3)CC2)cc1. The smallest absolute Gasteiger partial charge is 0.280 e. The Hall–Kier alpha value is -2.15. The molecule has 1 aromatic carbocycles. The monoisotopic (exact) mass is 432 g/mol. The average Bonchev–Trinajstić information content (AvgIpc) is 3.18. The van der Waals surface area contributed by atoms with Gasteiger partial charge in [0.05, 0.1) is 16.8 Å². The maximum absolute atomic E-state index is 13.1. The molecule has 2 amide bonds. The van der Waals surface area contributed by atoms with Crippen LogP contribution >= 0.6 is 0 Å². The lowest BCUT2D eigenvalue weighted by Crippen LogP contribution is -2.42. The second-order valence-electron chi connectivity index (χ2n) is 8.30. The average molecular weight is 433 g/mol. The quantitative estimate of drug-likeness (QED) is 0.686. The van der Waals surface area contributed by atoms with Gasteiger partial charge in [-0.1, -0.05) is 17.7 Å². The lowest BCUT2D eigenvalue weighted by molar-refractivity contribution is -0.132. The van der Waals surface area contributed by atoms with E-state index < -0.39 is 9.73 Å². The lowest BCUT2D eigenvalue weighted by Gasteiger charge is -2.32. The summed E-state index contributed by atoms with van der Waals surface area (Å²) >= 11 is 0. The van der Waals surface area contributed by atoms with Crippen LogP contribution in [0.4, 0.5) is 0 Å². The van der Waals surface area contributed by atoms with E-state index in [9.17, 15) is 13.8 Å². The van der Waals surface area contributed by atoms with Crippen molar-refractivity contribution in [2.45, 2.75) is 57.1 Å². The summed E-state index contributed by atoms with van der Waals surface area (Å²) in [6.45, 7) is 3.11. The van der Waals surface area contributed by atoms with Gasteiger partial charge in [0.25, 0.3) is 5.91 Å². The van der Waals surface area contributed by atoms with Crippen LogP contribution in [0.5, 0.6) is 5.75 Å². The maximum Gasteiger partial charge on any atom is 0.280 e. The van der Waals surface area contributed by atoms with Crippen LogP contribution in [0.15, 0.2) is 39.8 Å². The van der Waals surface area contributed by atoms with E-state index in [1.807, 2.05) is 36.1 Å². The van der Waals surface area contributed by atoms with Gasteiger partial charge in [-0.3, -0.25) is 9.59 Å². The summed E-state index contributed by atoms with van der Waals surface area (Å²) in [5.41, 5.74) is 2.93. The van der Waals surface area contributed by atoms with Crippen LogP contribution in [0.2, 0.25) is 0 Å². The van der Waals surface area contributed by atoms with Gasteiger partial charge in [0.15, 0.2) is 0 Å². The first-order chi connectivity index (χ1) is 14.3. The highest BCUT2D eigenvalue weighted by Crippen LogP contribution is 2.28. The molecule has 0 aromatic heterocycles. The highest BCUT2D eigenvalue weighted by atomic mass is 32.2. The van der Waals surface area contributed by atoms with Crippen LogP contribution in [0.3, 0.4) is 0 Å². The van der Waals surface area contributed by atoms with Gasteiger partial charge in [0.2, 0.25) is 5.91 Å². The van der Waals surface area contributed by atoms with Crippen molar-refractivity contribution in [3.05, 3.63) is 41.0 Å². The van der Waals surface area contributed by atoms with Gasteiger partial charge in [-0.15, -0.1) is 0 Å². The van der Waals surface area contributed by atoms with Crippen molar-refractivity contribution in [1.82, 2.24) is 4.90 Å². The molecule has 164 valence electrons. The minimum atomic E-state index is -2.61. The van der Waals surface area contributed by atoms with Gasteiger partial charge in [0.1, 0.15) is 5.75 Å². The topological polar surface area (TPSA) is 76.0 Å². The van der Waals surface area contributed by atoms with Crippen LogP contribution in [-0.2, 0) is 25.7 Å². The summed E-state index contributed by atoms with van der Waals surface area (Å²) in [7, 11) is -0.981. The van der Waals surface area contributed by atoms with E-state index >= 15 is 0 Å². The minimum absolute atomic E-state index is 0.117. The molecule has 1 atom stereocenters. The molecule has 1 fully saturated rings.